The minimum absolute atomic E-state index is 0.134. The van der Waals surface area contributed by atoms with Crippen LogP contribution in [0.2, 0.25) is 0 Å². The Hall–Kier alpha value is -2.12. The zero-order valence-electron chi connectivity index (χ0n) is 14.9. The average molecular weight is 367 g/mol. The number of piperidine rings is 1. The number of aryl methyl sites for hydroxylation is 1. The first-order valence-corrected chi connectivity index (χ1v) is 10.2. The van der Waals surface area contributed by atoms with Crippen LogP contribution in [0.1, 0.15) is 23.7 Å². The van der Waals surface area contributed by atoms with Crippen molar-refractivity contribution in [1.82, 2.24) is 20.0 Å². The fraction of sp³-hybridized carbons (Fsp3) is 0.421. The van der Waals surface area contributed by atoms with Gasteiger partial charge in [-0.2, -0.15) is 0 Å². The zero-order valence-corrected chi connectivity index (χ0v) is 15.7. The van der Waals surface area contributed by atoms with Gasteiger partial charge in [0.1, 0.15) is 5.82 Å². The van der Waals surface area contributed by atoms with Gasteiger partial charge in [0.15, 0.2) is 0 Å². The fourth-order valence-corrected chi connectivity index (χ4v) is 4.48. The molecule has 0 saturated carbocycles. The maximum atomic E-state index is 6.09. The molecular formula is C19H21N5OS. The molecule has 2 aromatic heterocycles. The fourth-order valence-electron chi connectivity index (χ4n) is 4.04. The van der Waals surface area contributed by atoms with Gasteiger partial charge < -0.3 is 9.64 Å². The molecule has 0 unspecified atom stereocenters. The van der Waals surface area contributed by atoms with Gasteiger partial charge in [-0.3, -0.25) is 0 Å². The second-order valence-corrected chi connectivity index (χ2v) is 7.88. The Balaban J connectivity index is 1.44. The number of hydrogen-bond donors (Lipinski definition) is 0. The molecule has 2 atom stereocenters. The van der Waals surface area contributed by atoms with E-state index >= 15 is 0 Å². The maximum Gasteiger partial charge on any atom is 0.129 e. The lowest BCUT2D eigenvalue weighted by atomic mass is 10.00. The Morgan fingerprint density at radius 1 is 1.27 bits per heavy atom. The van der Waals surface area contributed by atoms with Crippen molar-refractivity contribution in [3.05, 3.63) is 41.7 Å². The molecule has 26 heavy (non-hydrogen) atoms. The van der Waals surface area contributed by atoms with Crippen LogP contribution in [0.3, 0.4) is 0 Å². The first kappa shape index (κ1) is 16.1. The summed E-state index contributed by atoms with van der Waals surface area (Å²) in [6, 6.07) is 8.99. The Labute approximate surface area is 156 Å². The van der Waals surface area contributed by atoms with Gasteiger partial charge in [0.25, 0.3) is 0 Å². The van der Waals surface area contributed by atoms with E-state index in [4.69, 9.17) is 9.72 Å². The molecule has 1 saturated heterocycles. The van der Waals surface area contributed by atoms with E-state index in [2.05, 4.69) is 57.3 Å². The molecular weight excluding hydrogens is 346 g/mol. The predicted octanol–water partition coefficient (Wildman–Crippen LogP) is 3.21. The monoisotopic (exact) mass is 367 g/mol. The van der Waals surface area contributed by atoms with E-state index in [-0.39, 0.29) is 12.1 Å². The van der Waals surface area contributed by atoms with Gasteiger partial charge in [-0.05, 0) is 49.4 Å². The van der Waals surface area contributed by atoms with Crippen molar-refractivity contribution in [3.63, 3.8) is 0 Å². The Bertz CT molecular complexity index is 972. The molecule has 2 aliphatic rings. The number of ether oxygens (including phenoxy) is 1. The number of nitrogens with zero attached hydrogens (tertiary/aromatic N) is 5. The van der Waals surface area contributed by atoms with Crippen molar-refractivity contribution in [2.45, 2.75) is 37.0 Å². The molecule has 0 radical (unpaired) electrons. The van der Waals surface area contributed by atoms with Crippen molar-refractivity contribution in [3.8, 4) is 0 Å². The number of thioether (sulfide) groups is 1. The minimum Gasteiger partial charge on any atom is -0.368 e. The lowest BCUT2D eigenvalue weighted by Gasteiger charge is -2.41. The van der Waals surface area contributed by atoms with E-state index < -0.39 is 0 Å². The van der Waals surface area contributed by atoms with E-state index in [0.29, 0.717) is 6.61 Å². The summed E-state index contributed by atoms with van der Waals surface area (Å²) >= 11 is 1.76. The summed E-state index contributed by atoms with van der Waals surface area (Å²) < 4.78 is 8.14. The second-order valence-electron chi connectivity index (χ2n) is 7.00. The lowest BCUT2D eigenvalue weighted by Crippen LogP contribution is -2.48. The third-order valence-corrected chi connectivity index (χ3v) is 6.19. The normalized spacial score (nSPS) is 22.3. The molecule has 6 nitrogen and oxygen atoms in total. The van der Waals surface area contributed by atoms with Gasteiger partial charge in [0, 0.05) is 23.4 Å². The predicted molar refractivity (Wildman–Crippen MR) is 103 cm³/mol. The molecule has 1 aromatic carbocycles. The highest BCUT2D eigenvalue weighted by Crippen LogP contribution is 2.33. The molecule has 2 aliphatic heterocycles. The van der Waals surface area contributed by atoms with Gasteiger partial charge in [-0.1, -0.05) is 5.21 Å². The van der Waals surface area contributed by atoms with Crippen LogP contribution in [0.5, 0.6) is 0 Å². The summed E-state index contributed by atoms with van der Waals surface area (Å²) in [6.45, 7) is 4.54. The summed E-state index contributed by atoms with van der Waals surface area (Å²) in [6.07, 6.45) is 5.03. The standard InChI is InChI=1S/C19H21N5OS/c1-12-7-19(21-16-4-3-14(26-2)8-15(12)16)23-6-5-17-18(10-23)25-11-13-9-20-22-24(13)17/h3-4,7-9,17-18H,5-6,10-11H2,1-2H3/t17-,18-/m0/s1. The highest BCUT2D eigenvalue weighted by molar-refractivity contribution is 7.98. The van der Waals surface area contributed by atoms with E-state index in [9.17, 15) is 0 Å². The number of anilines is 1. The molecule has 3 aromatic rings. The van der Waals surface area contributed by atoms with E-state index in [1.165, 1.54) is 15.8 Å². The molecule has 5 rings (SSSR count). The molecule has 0 spiro atoms. The zero-order chi connectivity index (χ0) is 17.7. The molecule has 0 aliphatic carbocycles. The first-order valence-electron chi connectivity index (χ1n) is 8.94. The van der Waals surface area contributed by atoms with E-state index in [1.54, 1.807) is 18.0 Å². The molecule has 7 heteroatoms. The molecule has 0 bridgehead atoms. The third kappa shape index (κ3) is 2.57. The lowest BCUT2D eigenvalue weighted by molar-refractivity contribution is -0.0335. The van der Waals surface area contributed by atoms with E-state index in [0.717, 1.165) is 36.5 Å². The third-order valence-electron chi connectivity index (χ3n) is 5.47. The summed E-state index contributed by atoms with van der Waals surface area (Å²) in [5.41, 5.74) is 3.40. The highest BCUT2D eigenvalue weighted by Gasteiger charge is 2.36. The summed E-state index contributed by atoms with van der Waals surface area (Å²) in [5, 5.41) is 9.53. The van der Waals surface area contributed by atoms with Crippen molar-refractivity contribution < 1.29 is 4.74 Å². The van der Waals surface area contributed by atoms with Crippen LogP contribution < -0.4 is 4.90 Å². The van der Waals surface area contributed by atoms with Crippen LogP contribution in [0.15, 0.2) is 35.4 Å². The topological polar surface area (TPSA) is 56.1 Å². The molecule has 4 heterocycles. The smallest absolute Gasteiger partial charge is 0.129 e. The molecule has 0 N–H and O–H groups in total. The van der Waals surface area contributed by atoms with Crippen LogP contribution in [0.25, 0.3) is 10.9 Å². The first-order chi connectivity index (χ1) is 12.7. The minimum atomic E-state index is 0.134. The Morgan fingerprint density at radius 2 is 2.19 bits per heavy atom. The summed E-state index contributed by atoms with van der Waals surface area (Å²) in [5.74, 6) is 1.04. The molecule has 0 amide bonds. The summed E-state index contributed by atoms with van der Waals surface area (Å²) in [7, 11) is 0. The average Bonchev–Trinajstić information content (AvgIpc) is 3.16. The Morgan fingerprint density at radius 3 is 3.08 bits per heavy atom. The van der Waals surface area contributed by atoms with Crippen molar-refractivity contribution in [1.29, 1.82) is 0 Å². The number of pyridine rings is 1. The van der Waals surface area contributed by atoms with Crippen molar-refractivity contribution in [2.24, 2.45) is 0 Å². The molecule has 134 valence electrons. The van der Waals surface area contributed by atoms with Crippen LogP contribution in [0.4, 0.5) is 5.82 Å². The van der Waals surface area contributed by atoms with Crippen LogP contribution in [-0.2, 0) is 11.3 Å². The van der Waals surface area contributed by atoms with Gasteiger partial charge >= 0.3 is 0 Å². The van der Waals surface area contributed by atoms with Gasteiger partial charge in [0.05, 0.1) is 36.2 Å². The SMILES string of the molecule is CSc1ccc2nc(N3CC[C@H]4[C@H](C3)OCc3cnnn34)cc(C)c2c1. The molecule has 1 fully saturated rings. The second kappa shape index (κ2) is 6.25. The van der Waals surface area contributed by atoms with E-state index in [1.807, 2.05) is 0 Å². The number of fused-ring (bicyclic) bond motifs is 4. The number of benzene rings is 1. The highest BCUT2D eigenvalue weighted by atomic mass is 32.2. The number of hydrogen-bond acceptors (Lipinski definition) is 6. The Kier molecular flexibility index (Phi) is 3.86. The van der Waals surface area contributed by atoms with Gasteiger partial charge in [0.2, 0.25) is 0 Å². The quantitative estimate of drug-likeness (QED) is 0.648. The number of aromatic nitrogens is 4. The summed E-state index contributed by atoms with van der Waals surface area (Å²) in [4.78, 5) is 8.55. The van der Waals surface area contributed by atoms with Crippen LogP contribution in [0, 0.1) is 6.92 Å². The van der Waals surface area contributed by atoms with Crippen molar-refractivity contribution >= 4 is 28.5 Å². The number of rotatable bonds is 2. The van der Waals surface area contributed by atoms with Gasteiger partial charge in [-0.15, -0.1) is 16.9 Å². The van der Waals surface area contributed by atoms with Crippen LogP contribution >= 0.6 is 11.8 Å². The van der Waals surface area contributed by atoms with Gasteiger partial charge in [-0.25, -0.2) is 9.67 Å². The van der Waals surface area contributed by atoms with Crippen LogP contribution in [-0.4, -0.2) is 45.4 Å². The largest absolute Gasteiger partial charge is 0.368 e. The maximum absolute atomic E-state index is 6.09. The van der Waals surface area contributed by atoms with Crippen molar-refractivity contribution in [2.75, 3.05) is 24.2 Å².